The van der Waals surface area contributed by atoms with Gasteiger partial charge in [0.1, 0.15) is 17.1 Å². The number of oxazole rings is 1. The van der Waals surface area contributed by atoms with Crippen molar-refractivity contribution >= 4 is 34.5 Å². The van der Waals surface area contributed by atoms with Crippen molar-refractivity contribution in [1.82, 2.24) is 15.6 Å². The van der Waals surface area contributed by atoms with E-state index >= 15 is 0 Å². The van der Waals surface area contributed by atoms with Crippen molar-refractivity contribution in [1.29, 1.82) is 5.26 Å². The molecule has 1 aliphatic rings. The highest BCUT2D eigenvalue weighted by Crippen LogP contribution is 2.34. The Hall–Kier alpha value is -3.58. The minimum absolute atomic E-state index is 0.0316. The third-order valence-corrected chi connectivity index (χ3v) is 5.41. The normalized spacial score (nSPS) is 15.5. The molecule has 2 aromatic carbocycles. The van der Waals surface area contributed by atoms with Crippen LogP contribution in [0.15, 0.2) is 46.9 Å². The fourth-order valence-electron chi connectivity index (χ4n) is 3.21. The number of nitrogens with one attached hydrogen (secondary N) is 2. The monoisotopic (exact) mass is 476 g/mol. The molecular formula is C22H16ClF3N4O3. The fourth-order valence-corrected chi connectivity index (χ4v) is 3.40. The predicted molar refractivity (Wildman–Crippen MR) is 111 cm³/mol. The number of halogens is 4. The summed E-state index contributed by atoms with van der Waals surface area (Å²) >= 11 is 5.92. The van der Waals surface area contributed by atoms with Gasteiger partial charge < -0.3 is 15.1 Å². The average Bonchev–Trinajstić information content (AvgIpc) is 3.41. The Balaban J connectivity index is 1.59. The number of rotatable bonds is 6. The largest absolute Gasteiger partial charge is 0.441 e. The lowest BCUT2D eigenvalue weighted by molar-refractivity contribution is -0.137. The van der Waals surface area contributed by atoms with Gasteiger partial charge >= 0.3 is 6.18 Å². The summed E-state index contributed by atoms with van der Waals surface area (Å²) in [6.45, 7) is 0. The van der Waals surface area contributed by atoms with Crippen molar-refractivity contribution in [2.45, 2.75) is 37.0 Å². The maximum Gasteiger partial charge on any atom is 0.416 e. The van der Waals surface area contributed by atoms with Crippen LogP contribution in [0.4, 0.5) is 13.2 Å². The Kier molecular flexibility index (Phi) is 5.76. The van der Waals surface area contributed by atoms with Crippen molar-refractivity contribution in [2.75, 3.05) is 0 Å². The highest BCUT2D eigenvalue weighted by Gasteiger charge is 2.46. The molecule has 0 bridgehead atoms. The zero-order valence-corrected chi connectivity index (χ0v) is 17.6. The van der Waals surface area contributed by atoms with Gasteiger partial charge in [-0.1, -0.05) is 17.7 Å². The van der Waals surface area contributed by atoms with Crippen LogP contribution in [0, 0.1) is 11.3 Å². The van der Waals surface area contributed by atoms with Crippen LogP contribution in [0.25, 0.3) is 11.1 Å². The predicted octanol–water partition coefficient (Wildman–Crippen LogP) is 4.01. The van der Waals surface area contributed by atoms with Crippen LogP contribution >= 0.6 is 11.6 Å². The fraction of sp³-hybridized carbons (Fsp3) is 0.273. The quantitative estimate of drug-likeness (QED) is 0.559. The first-order chi connectivity index (χ1) is 15.6. The molecule has 1 saturated carbocycles. The molecule has 3 aromatic rings. The van der Waals surface area contributed by atoms with Gasteiger partial charge in [-0.25, -0.2) is 4.98 Å². The van der Waals surface area contributed by atoms with Crippen LogP contribution < -0.4 is 10.6 Å². The molecule has 7 nitrogen and oxygen atoms in total. The second-order valence-electron chi connectivity index (χ2n) is 7.71. The second-order valence-corrected chi connectivity index (χ2v) is 8.15. The van der Waals surface area contributed by atoms with Crippen LogP contribution in [0.3, 0.4) is 0 Å². The van der Waals surface area contributed by atoms with Crippen molar-refractivity contribution < 1.29 is 27.2 Å². The summed E-state index contributed by atoms with van der Waals surface area (Å²) in [7, 11) is 0. The average molecular weight is 477 g/mol. The summed E-state index contributed by atoms with van der Waals surface area (Å²) in [5.41, 5.74) is -1.60. The molecule has 170 valence electrons. The number of carbonyl (C=O) groups is 2. The highest BCUT2D eigenvalue weighted by molar-refractivity contribution is 6.31. The van der Waals surface area contributed by atoms with E-state index in [1.165, 1.54) is 12.1 Å². The van der Waals surface area contributed by atoms with Crippen LogP contribution in [0.1, 0.15) is 34.7 Å². The first-order valence-corrected chi connectivity index (χ1v) is 10.2. The van der Waals surface area contributed by atoms with Crippen molar-refractivity contribution in [3.63, 3.8) is 0 Å². The molecular weight excluding hydrogens is 461 g/mol. The molecule has 1 unspecified atom stereocenters. The molecule has 11 heteroatoms. The van der Waals surface area contributed by atoms with E-state index in [2.05, 4.69) is 15.6 Å². The smallest absolute Gasteiger partial charge is 0.416 e. The number of carbonyl (C=O) groups excluding carboxylic acids is 2. The third kappa shape index (κ3) is 5.09. The molecule has 33 heavy (non-hydrogen) atoms. The molecule has 1 atom stereocenters. The lowest BCUT2D eigenvalue weighted by Crippen LogP contribution is -2.51. The lowest BCUT2D eigenvalue weighted by Gasteiger charge is -2.19. The van der Waals surface area contributed by atoms with Gasteiger partial charge in [-0.15, -0.1) is 0 Å². The summed E-state index contributed by atoms with van der Waals surface area (Å²) in [6.07, 6.45) is -3.83. The number of amides is 2. The first-order valence-electron chi connectivity index (χ1n) is 9.85. The van der Waals surface area contributed by atoms with Crippen LogP contribution in [0.2, 0.25) is 5.02 Å². The van der Waals surface area contributed by atoms with Crippen molar-refractivity contribution in [2.24, 2.45) is 0 Å². The van der Waals surface area contributed by atoms with Crippen molar-refractivity contribution in [3.05, 3.63) is 64.5 Å². The summed E-state index contributed by atoms with van der Waals surface area (Å²) in [5, 5.41) is 14.8. The van der Waals surface area contributed by atoms with E-state index in [9.17, 15) is 28.0 Å². The molecule has 0 aliphatic heterocycles. The summed E-state index contributed by atoms with van der Waals surface area (Å²) in [6, 6.07) is 9.76. The molecule has 2 amide bonds. The topological polar surface area (TPSA) is 108 Å². The van der Waals surface area contributed by atoms with E-state index in [4.69, 9.17) is 16.0 Å². The van der Waals surface area contributed by atoms with Crippen molar-refractivity contribution in [3.8, 4) is 6.07 Å². The highest BCUT2D eigenvalue weighted by atomic mass is 35.5. The van der Waals surface area contributed by atoms with Crippen LogP contribution in [-0.4, -0.2) is 28.4 Å². The zero-order chi connectivity index (χ0) is 23.8. The molecule has 0 saturated heterocycles. The Morgan fingerprint density at radius 2 is 2.00 bits per heavy atom. The van der Waals surface area contributed by atoms with Gasteiger partial charge in [0.15, 0.2) is 11.5 Å². The van der Waals surface area contributed by atoms with Gasteiger partial charge in [-0.05, 0) is 49.2 Å². The molecule has 1 aromatic heterocycles. The van der Waals surface area contributed by atoms with E-state index in [0.29, 0.717) is 17.9 Å². The van der Waals surface area contributed by atoms with Gasteiger partial charge in [0.05, 0.1) is 18.1 Å². The van der Waals surface area contributed by atoms with Crippen LogP contribution in [-0.2, 0) is 17.4 Å². The molecule has 4 rings (SSSR count). The summed E-state index contributed by atoms with van der Waals surface area (Å²) < 4.78 is 44.4. The Labute approximate surface area is 190 Å². The molecule has 1 heterocycles. The maximum absolute atomic E-state index is 13.0. The number of aromatic nitrogens is 1. The Morgan fingerprint density at radius 3 is 2.64 bits per heavy atom. The number of nitriles is 1. The first kappa shape index (κ1) is 22.6. The Morgan fingerprint density at radius 1 is 1.24 bits per heavy atom. The molecule has 2 N–H and O–H groups in total. The second kappa shape index (κ2) is 8.41. The van der Waals surface area contributed by atoms with Gasteiger partial charge in [0.2, 0.25) is 5.91 Å². The van der Waals surface area contributed by atoms with Crippen LogP contribution in [0.5, 0.6) is 0 Å². The number of hydrogen-bond acceptors (Lipinski definition) is 5. The minimum Gasteiger partial charge on any atom is -0.441 e. The third-order valence-electron chi connectivity index (χ3n) is 5.17. The molecule has 1 fully saturated rings. The number of benzene rings is 2. The number of nitrogens with zero attached hydrogens (tertiary/aromatic N) is 2. The molecule has 0 radical (unpaired) electrons. The van der Waals surface area contributed by atoms with Gasteiger partial charge in [0.25, 0.3) is 5.91 Å². The van der Waals surface area contributed by atoms with E-state index in [1.807, 2.05) is 6.07 Å². The number of hydrogen-bond donors (Lipinski definition) is 2. The van der Waals surface area contributed by atoms with Gasteiger partial charge in [-0.2, -0.15) is 18.4 Å². The van der Waals surface area contributed by atoms with E-state index in [0.717, 1.165) is 18.2 Å². The maximum atomic E-state index is 13.0. The standard InChI is InChI=1S/C22H16ClF3N4O3/c23-14-3-1-2-12(8-14)19(31)29-16(20(32)30-21(11-27)6-7-21)10-18-28-15-9-13(22(24,25)26)4-5-17(15)33-18/h1-5,8-9,16H,6-7,10H2,(H,29,31)(H,30,32). The van der Waals surface area contributed by atoms with E-state index in [-0.39, 0.29) is 29.0 Å². The zero-order valence-electron chi connectivity index (χ0n) is 16.9. The molecule has 0 spiro atoms. The lowest BCUT2D eigenvalue weighted by atomic mass is 10.1. The summed E-state index contributed by atoms with van der Waals surface area (Å²) in [4.78, 5) is 29.6. The van der Waals surface area contributed by atoms with Gasteiger partial charge in [0, 0.05) is 10.6 Å². The number of alkyl halides is 3. The number of fused-ring (bicyclic) bond motifs is 1. The Bertz CT molecular complexity index is 1280. The van der Waals surface area contributed by atoms with Gasteiger partial charge in [-0.3, -0.25) is 9.59 Å². The summed E-state index contributed by atoms with van der Waals surface area (Å²) in [5.74, 6) is -1.28. The van der Waals surface area contributed by atoms with E-state index in [1.54, 1.807) is 12.1 Å². The molecule has 1 aliphatic carbocycles. The van der Waals surface area contributed by atoms with E-state index < -0.39 is 35.1 Å². The minimum atomic E-state index is -4.55. The SMILES string of the molecule is N#CC1(NC(=O)C(Cc2nc3cc(C(F)(F)F)ccc3o2)NC(=O)c2cccc(Cl)c2)CC1.